The average Bonchev–Trinajstić information content (AvgIpc) is 2.49. The van der Waals surface area contributed by atoms with E-state index in [4.69, 9.17) is 16.6 Å². The molecule has 5 N–H and O–H groups in total. The summed E-state index contributed by atoms with van der Waals surface area (Å²) in [7, 11) is 0. The maximum absolute atomic E-state index is 13.5. The first kappa shape index (κ1) is 15.4. The Labute approximate surface area is 122 Å². The van der Waals surface area contributed by atoms with Gasteiger partial charge in [0.25, 0.3) is 5.92 Å². The molecule has 21 heavy (non-hydrogen) atoms. The van der Waals surface area contributed by atoms with Gasteiger partial charge in [-0.05, 0) is 35.2 Å². The molecule has 0 unspecified atom stereocenters. The molecule has 0 aromatic heterocycles. The lowest BCUT2D eigenvalue weighted by atomic mass is 9.95. The van der Waals surface area contributed by atoms with Gasteiger partial charge in [-0.3, -0.25) is 0 Å². The number of halogens is 2. The standard InChI is InChI=1S/C16H18F2N2O/c17-16(18,10-19)13-4-1-11(2-5-13)15-9-14(20)6-3-12(15)7-8-21/h1-6,9,21H,7-8,10,19-20H2. The van der Waals surface area contributed by atoms with Crippen molar-refractivity contribution in [1.29, 1.82) is 0 Å². The maximum Gasteiger partial charge on any atom is 0.285 e. The van der Waals surface area contributed by atoms with Gasteiger partial charge in [0.1, 0.15) is 0 Å². The summed E-state index contributed by atoms with van der Waals surface area (Å²) in [5.41, 5.74) is 13.9. The Hall–Kier alpha value is -1.98. The summed E-state index contributed by atoms with van der Waals surface area (Å²) in [4.78, 5) is 0. The lowest BCUT2D eigenvalue weighted by molar-refractivity contribution is 0.00596. The smallest absolute Gasteiger partial charge is 0.285 e. The van der Waals surface area contributed by atoms with Gasteiger partial charge in [-0.25, -0.2) is 0 Å². The van der Waals surface area contributed by atoms with Crippen molar-refractivity contribution in [2.45, 2.75) is 12.3 Å². The first-order valence-electron chi connectivity index (χ1n) is 6.66. The minimum atomic E-state index is -3.03. The monoisotopic (exact) mass is 292 g/mol. The summed E-state index contributed by atoms with van der Waals surface area (Å²) < 4.78 is 27.0. The fourth-order valence-corrected chi connectivity index (χ4v) is 2.21. The topological polar surface area (TPSA) is 72.3 Å². The van der Waals surface area contributed by atoms with Crippen molar-refractivity contribution in [2.24, 2.45) is 5.73 Å². The summed E-state index contributed by atoms with van der Waals surface area (Å²) in [6.07, 6.45) is 0.482. The molecule has 112 valence electrons. The Morgan fingerprint density at radius 2 is 1.71 bits per heavy atom. The Morgan fingerprint density at radius 1 is 1.05 bits per heavy atom. The fraction of sp³-hybridized carbons (Fsp3) is 0.250. The quantitative estimate of drug-likeness (QED) is 0.741. The van der Waals surface area contributed by atoms with Gasteiger partial charge in [0.15, 0.2) is 0 Å². The van der Waals surface area contributed by atoms with Crippen LogP contribution in [0.1, 0.15) is 11.1 Å². The molecule has 0 fully saturated rings. The lowest BCUT2D eigenvalue weighted by Gasteiger charge is -2.15. The molecule has 0 aliphatic rings. The van der Waals surface area contributed by atoms with E-state index in [0.29, 0.717) is 12.1 Å². The van der Waals surface area contributed by atoms with Gasteiger partial charge in [-0.2, -0.15) is 8.78 Å². The highest BCUT2D eigenvalue weighted by Crippen LogP contribution is 2.31. The predicted molar refractivity (Wildman–Crippen MR) is 80.0 cm³/mol. The number of alkyl halides is 2. The molecule has 2 aromatic carbocycles. The number of anilines is 1. The number of hydrogen-bond acceptors (Lipinski definition) is 3. The highest BCUT2D eigenvalue weighted by atomic mass is 19.3. The van der Waals surface area contributed by atoms with Crippen molar-refractivity contribution >= 4 is 5.69 Å². The number of rotatable bonds is 5. The largest absolute Gasteiger partial charge is 0.399 e. The SMILES string of the molecule is NCC(F)(F)c1ccc(-c2cc(N)ccc2CCO)cc1. The van der Waals surface area contributed by atoms with E-state index < -0.39 is 12.5 Å². The number of nitrogen functional groups attached to an aromatic ring is 1. The zero-order valence-corrected chi connectivity index (χ0v) is 11.5. The molecule has 3 nitrogen and oxygen atoms in total. The van der Waals surface area contributed by atoms with E-state index in [1.165, 1.54) is 12.1 Å². The van der Waals surface area contributed by atoms with E-state index in [2.05, 4.69) is 0 Å². The Morgan fingerprint density at radius 3 is 2.29 bits per heavy atom. The summed E-state index contributed by atoms with van der Waals surface area (Å²) >= 11 is 0. The van der Waals surface area contributed by atoms with Crippen LogP contribution in [-0.4, -0.2) is 18.3 Å². The predicted octanol–water partition coefficient (Wildman–Crippen LogP) is 2.52. The number of aliphatic hydroxyl groups is 1. The normalized spacial score (nSPS) is 11.6. The van der Waals surface area contributed by atoms with E-state index in [1.807, 2.05) is 6.07 Å². The third-order valence-corrected chi connectivity index (χ3v) is 3.39. The minimum Gasteiger partial charge on any atom is -0.399 e. The van der Waals surface area contributed by atoms with Crippen molar-refractivity contribution in [3.8, 4) is 11.1 Å². The molecule has 0 bridgehead atoms. The molecule has 0 atom stereocenters. The van der Waals surface area contributed by atoms with Gasteiger partial charge in [0.05, 0.1) is 6.54 Å². The second-order valence-corrected chi connectivity index (χ2v) is 4.88. The lowest BCUT2D eigenvalue weighted by Crippen LogP contribution is -2.24. The van der Waals surface area contributed by atoms with Crippen LogP contribution in [0.5, 0.6) is 0 Å². The van der Waals surface area contributed by atoms with Gasteiger partial charge < -0.3 is 16.6 Å². The Bertz CT molecular complexity index is 612. The van der Waals surface area contributed by atoms with Crippen molar-refractivity contribution in [1.82, 2.24) is 0 Å². The highest BCUT2D eigenvalue weighted by Gasteiger charge is 2.29. The molecular weight excluding hydrogens is 274 g/mol. The molecule has 0 spiro atoms. The molecule has 0 aliphatic heterocycles. The molecule has 0 saturated heterocycles. The van der Waals surface area contributed by atoms with Crippen LogP contribution in [0, 0.1) is 0 Å². The van der Waals surface area contributed by atoms with E-state index in [1.54, 1.807) is 24.3 Å². The summed E-state index contributed by atoms with van der Waals surface area (Å²) in [6.45, 7) is -0.708. The van der Waals surface area contributed by atoms with E-state index in [9.17, 15) is 8.78 Å². The third-order valence-electron chi connectivity index (χ3n) is 3.39. The molecule has 0 aliphatic carbocycles. The van der Waals surface area contributed by atoms with E-state index >= 15 is 0 Å². The van der Waals surface area contributed by atoms with Crippen LogP contribution in [0.25, 0.3) is 11.1 Å². The van der Waals surface area contributed by atoms with Crippen LogP contribution in [0.15, 0.2) is 42.5 Å². The second-order valence-electron chi connectivity index (χ2n) is 4.88. The van der Waals surface area contributed by atoms with Gasteiger partial charge in [0.2, 0.25) is 0 Å². The van der Waals surface area contributed by atoms with Gasteiger partial charge in [0, 0.05) is 17.9 Å². The van der Waals surface area contributed by atoms with Crippen LogP contribution in [0.2, 0.25) is 0 Å². The van der Waals surface area contributed by atoms with Crippen molar-refractivity contribution in [2.75, 3.05) is 18.9 Å². The molecule has 0 saturated carbocycles. The van der Waals surface area contributed by atoms with Gasteiger partial charge in [-0.1, -0.05) is 30.3 Å². The second kappa shape index (κ2) is 6.20. The molecule has 0 radical (unpaired) electrons. The summed E-state index contributed by atoms with van der Waals surface area (Å²) in [6, 6.07) is 11.3. The fourth-order valence-electron chi connectivity index (χ4n) is 2.21. The van der Waals surface area contributed by atoms with Crippen LogP contribution < -0.4 is 11.5 Å². The zero-order chi connectivity index (χ0) is 15.5. The van der Waals surface area contributed by atoms with Crippen LogP contribution in [0.4, 0.5) is 14.5 Å². The number of nitrogens with two attached hydrogens (primary N) is 2. The number of hydrogen-bond donors (Lipinski definition) is 3. The Kier molecular flexibility index (Phi) is 4.55. The Balaban J connectivity index is 2.41. The van der Waals surface area contributed by atoms with E-state index in [0.717, 1.165) is 16.7 Å². The van der Waals surface area contributed by atoms with Crippen LogP contribution in [-0.2, 0) is 12.3 Å². The number of benzene rings is 2. The average molecular weight is 292 g/mol. The van der Waals surface area contributed by atoms with Crippen molar-refractivity contribution in [3.63, 3.8) is 0 Å². The molecule has 5 heteroatoms. The first-order valence-corrected chi connectivity index (χ1v) is 6.66. The third kappa shape index (κ3) is 3.37. The molecule has 0 heterocycles. The first-order chi connectivity index (χ1) is 9.97. The maximum atomic E-state index is 13.5. The van der Waals surface area contributed by atoms with Gasteiger partial charge in [-0.15, -0.1) is 0 Å². The van der Waals surface area contributed by atoms with Gasteiger partial charge >= 0.3 is 0 Å². The van der Waals surface area contributed by atoms with E-state index in [-0.39, 0.29) is 12.2 Å². The minimum absolute atomic E-state index is 0.0141. The van der Waals surface area contributed by atoms with Crippen LogP contribution >= 0.6 is 0 Å². The highest BCUT2D eigenvalue weighted by molar-refractivity contribution is 5.71. The molecular formula is C16H18F2N2O. The van der Waals surface area contributed by atoms with Crippen molar-refractivity contribution in [3.05, 3.63) is 53.6 Å². The molecule has 2 aromatic rings. The van der Waals surface area contributed by atoms with Crippen LogP contribution in [0.3, 0.4) is 0 Å². The summed E-state index contributed by atoms with van der Waals surface area (Å²) in [5.74, 6) is -3.03. The summed E-state index contributed by atoms with van der Waals surface area (Å²) in [5, 5.41) is 9.10. The zero-order valence-electron chi connectivity index (χ0n) is 11.5. The van der Waals surface area contributed by atoms with Crippen molar-refractivity contribution < 1.29 is 13.9 Å². The number of aliphatic hydroxyl groups excluding tert-OH is 1. The molecule has 0 amide bonds. The molecule has 2 rings (SSSR count).